The molecule has 0 bridgehead atoms. The fraction of sp³-hybridized carbons (Fsp3) is 0.933. The third-order valence-electron chi connectivity index (χ3n) is 4.29. The lowest BCUT2D eigenvalue weighted by Gasteiger charge is -2.42. The highest BCUT2D eigenvalue weighted by molar-refractivity contribution is 6.72. The van der Waals surface area contributed by atoms with Crippen LogP contribution in [0.2, 0.25) is 18.6 Å². The van der Waals surface area contributed by atoms with Gasteiger partial charge in [-0.15, -0.1) is 0 Å². The first-order valence-electron chi connectivity index (χ1n) is 7.87. The van der Waals surface area contributed by atoms with E-state index in [1.54, 1.807) is 33.9 Å². The predicted octanol–water partition coefficient (Wildman–Crippen LogP) is 4.42. The number of amides is 1. The quantitative estimate of drug-likeness (QED) is 0.704. The summed E-state index contributed by atoms with van der Waals surface area (Å²) in [6, 6.07) is 0. The Morgan fingerprint density at radius 2 is 1.65 bits per heavy atom. The van der Waals surface area contributed by atoms with Gasteiger partial charge in [0.25, 0.3) is 0 Å². The van der Waals surface area contributed by atoms with E-state index in [-0.39, 0.29) is 0 Å². The van der Waals surface area contributed by atoms with E-state index in [0.717, 1.165) is 0 Å². The highest BCUT2D eigenvalue weighted by Gasteiger charge is 2.55. The van der Waals surface area contributed by atoms with Crippen molar-refractivity contribution in [1.82, 2.24) is 4.90 Å². The summed E-state index contributed by atoms with van der Waals surface area (Å²) in [7, 11) is -1.51. The van der Waals surface area contributed by atoms with E-state index in [1.807, 2.05) is 0 Å². The van der Waals surface area contributed by atoms with Gasteiger partial charge in [-0.1, -0.05) is 0 Å². The number of hydrogen-bond donors (Lipinski definition) is 0. The molecule has 1 saturated heterocycles. The monoisotopic (exact) mass is 355 g/mol. The Labute approximate surface area is 137 Å². The molecule has 136 valence electrons. The van der Waals surface area contributed by atoms with Crippen molar-refractivity contribution < 1.29 is 27.1 Å². The molecule has 1 rings (SSSR count). The molecule has 0 aromatic carbocycles. The molecule has 1 aliphatic rings. The minimum absolute atomic E-state index is 0.292. The molecule has 1 aliphatic heterocycles. The fourth-order valence-electron chi connectivity index (χ4n) is 3.10. The number of alkyl halides is 3. The third kappa shape index (κ3) is 5.67. The summed E-state index contributed by atoms with van der Waals surface area (Å²) in [6.07, 6.45) is -4.08. The molecule has 1 unspecified atom stereocenters. The van der Waals surface area contributed by atoms with E-state index in [4.69, 9.17) is 9.16 Å². The Bertz CT molecular complexity index is 413. The van der Waals surface area contributed by atoms with E-state index >= 15 is 0 Å². The number of carbonyl (C=O) groups excluding carboxylic acids is 1. The predicted molar refractivity (Wildman–Crippen MR) is 84.8 cm³/mol. The number of piperidine rings is 1. The van der Waals surface area contributed by atoms with Crippen LogP contribution in [0.3, 0.4) is 0 Å². The van der Waals surface area contributed by atoms with Crippen LogP contribution in [-0.2, 0) is 9.16 Å². The maximum Gasteiger partial charge on any atom is 0.410 e. The van der Waals surface area contributed by atoms with Crippen molar-refractivity contribution in [3.05, 3.63) is 0 Å². The zero-order valence-corrected chi connectivity index (χ0v) is 15.8. The van der Waals surface area contributed by atoms with Crippen LogP contribution in [0.4, 0.5) is 18.0 Å². The van der Waals surface area contributed by atoms with Gasteiger partial charge in [-0.05, 0) is 52.6 Å². The topological polar surface area (TPSA) is 38.8 Å². The molecule has 23 heavy (non-hydrogen) atoms. The normalized spacial score (nSPS) is 19.6. The highest BCUT2D eigenvalue weighted by Crippen LogP contribution is 2.48. The van der Waals surface area contributed by atoms with Crippen LogP contribution in [0.15, 0.2) is 0 Å². The molecule has 1 atom stereocenters. The van der Waals surface area contributed by atoms with E-state index < -0.39 is 37.6 Å². The fourth-order valence-corrected chi connectivity index (χ4v) is 5.61. The first-order valence-corrected chi connectivity index (χ1v) is 10.9. The number of halogens is 3. The molecule has 0 aliphatic carbocycles. The summed E-state index contributed by atoms with van der Waals surface area (Å²) in [6.45, 7) is 9.09. The Morgan fingerprint density at radius 3 is 2.00 bits per heavy atom. The summed E-state index contributed by atoms with van der Waals surface area (Å²) in [5.74, 6) is -0.504. The number of likely N-dealkylation sites (tertiary alicyclic amines) is 1. The Kier molecular flexibility index (Phi) is 6.18. The lowest BCUT2D eigenvalue weighted by Crippen LogP contribution is -2.50. The summed E-state index contributed by atoms with van der Waals surface area (Å²) in [5.41, 5.74) is -2.02. The van der Waals surface area contributed by atoms with Gasteiger partial charge >= 0.3 is 12.3 Å². The highest BCUT2D eigenvalue weighted by atomic mass is 28.4. The lowest BCUT2D eigenvalue weighted by atomic mass is 9.93. The largest absolute Gasteiger partial charge is 0.444 e. The molecule has 1 amide bonds. The minimum atomic E-state index is -4.27. The van der Waals surface area contributed by atoms with Crippen LogP contribution in [0.25, 0.3) is 0 Å². The second-order valence-electron chi connectivity index (χ2n) is 7.63. The van der Waals surface area contributed by atoms with Crippen molar-refractivity contribution in [2.45, 2.75) is 64.0 Å². The van der Waals surface area contributed by atoms with Crippen molar-refractivity contribution in [2.24, 2.45) is 5.92 Å². The number of hydrogen-bond acceptors (Lipinski definition) is 3. The maximum absolute atomic E-state index is 13.5. The van der Waals surface area contributed by atoms with Gasteiger partial charge in [0.1, 0.15) is 5.60 Å². The average molecular weight is 355 g/mol. The first-order chi connectivity index (χ1) is 10.3. The minimum Gasteiger partial charge on any atom is -0.444 e. The van der Waals surface area contributed by atoms with Gasteiger partial charge in [0, 0.05) is 20.2 Å². The molecule has 0 aromatic heterocycles. The van der Waals surface area contributed by atoms with Crippen LogP contribution in [0.1, 0.15) is 33.6 Å². The van der Waals surface area contributed by atoms with Crippen LogP contribution in [0.5, 0.6) is 0 Å². The molecule has 0 spiro atoms. The summed E-state index contributed by atoms with van der Waals surface area (Å²) >= 11 is 0. The van der Waals surface area contributed by atoms with Gasteiger partial charge in [0.15, 0.2) is 8.32 Å². The van der Waals surface area contributed by atoms with Gasteiger partial charge in [-0.2, -0.15) is 13.2 Å². The lowest BCUT2D eigenvalue weighted by molar-refractivity contribution is -0.151. The maximum atomic E-state index is 13.5. The SMILES string of the molecule is CO[Si](C)(C)C(C1CCN(C(=O)OC(C)(C)C)CC1)C(F)(F)F. The molecule has 1 fully saturated rings. The molecule has 0 radical (unpaired) electrons. The number of ether oxygens (including phenoxy) is 1. The first kappa shape index (κ1) is 20.3. The average Bonchev–Trinajstić information content (AvgIpc) is 2.35. The Hall–Kier alpha value is -0.763. The molecule has 0 N–H and O–H groups in total. The zero-order chi connectivity index (χ0) is 18.1. The van der Waals surface area contributed by atoms with E-state index in [9.17, 15) is 18.0 Å². The second kappa shape index (κ2) is 7.00. The van der Waals surface area contributed by atoms with Gasteiger partial charge in [-0.25, -0.2) is 4.79 Å². The molecule has 0 saturated carbocycles. The van der Waals surface area contributed by atoms with Crippen LogP contribution in [0, 0.1) is 5.92 Å². The zero-order valence-electron chi connectivity index (χ0n) is 14.8. The molecule has 0 aromatic rings. The van der Waals surface area contributed by atoms with Gasteiger partial charge < -0.3 is 14.1 Å². The summed E-state index contributed by atoms with van der Waals surface area (Å²) in [4.78, 5) is 13.5. The molecule has 8 heteroatoms. The number of carbonyl (C=O) groups is 1. The van der Waals surface area contributed by atoms with Crippen molar-refractivity contribution in [3.63, 3.8) is 0 Å². The third-order valence-corrected chi connectivity index (χ3v) is 7.64. The number of nitrogens with zero attached hydrogens (tertiary/aromatic N) is 1. The Balaban J connectivity index is 2.75. The summed E-state index contributed by atoms with van der Waals surface area (Å²) < 4.78 is 51.1. The second-order valence-corrected chi connectivity index (χ2v) is 11.9. The van der Waals surface area contributed by atoms with Crippen molar-refractivity contribution in [3.8, 4) is 0 Å². The molecular formula is C15H28F3NO3Si. The van der Waals surface area contributed by atoms with E-state index in [2.05, 4.69) is 0 Å². The molecular weight excluding hydrogens is 327 g/mol. The van der Waals surface area contributed by atoms with Crippen molar-refractivity contribution >= 4 is 14.4 Å². The van der Waals surface area contributed by atoms with Crippen LogP contribution >= 0.6 is 0 Å². The van der Waals surface area contributed by atoms with Crippen molar-refractivity contribution in [2.75, 3.05) is 20.2 Å². The van der Waals surface area contributed by atoms with Crippen LogP contribution < -0.4 is 0 Å². The smallest absolute Gasteiger partial charge is 0.410 e. The van der Waals surface area contributed by atoms with E-state index in [0.29, 0.717) is 25.9 Å². The molecule has 4 nitrogen and oxygen atoms in total. The Morgan fingerprint density at radius 1 is 1.17 bits per heavy atom. The van der Waals surface area contributed by atoms with E-state index in [1.165, 1.54) is 12.0 Å². The molecule has 1 heterocycles. The van der Waals surface area contributed by atoms with Crippen LogP contribution in [-0.4, -0.2) is 51.3 Å². The van der Waals surface area contributed by atoms with Crippen molar-refractivity contribution in [1.29, 1.82) is 0 Å². The number of rotatable bonds is 3. The van der Waals surface area contributed by atoms with Gasteiger partial charge in [0.2, 0.25) is 0 Å². The summed E-state index contributed by atoms with van der Waals surface area (Å²) in [5, 5.41) is 0. The van der Waals surface area contributed by atoms with Gasteiger partial charge in [-0.3, -0.25) is 0 Å². The van der Waals surface area contributed by atoms with Gasteiger partial charge in [0.05, 0.1) is 5.54 Å². The standard InChI is InChI=1S/C15H28F3NO3Si/c1-14(2,3)22-13(20)19-9-7-11(8-10-19)12(15(16,17)18)23(5,6)21-4/h11-12H,7-10H2,1-6H3.